The Labute approximate surface area is 105 Å². The van der Waals surface area contributed by atoms with E-state index in [9.17, 15) is 13.2 Å². The molecule has 1 amide bonds. The van der Waals surface area contributed by atoms with E-state index in [4.69, 9.17) is 4.74 Å². The summed E-state index contributed by atoms with van der Waals surface area (Å²) in [4.78, 5) is 13.2. The van der Waals surface area contributed by atoms with Gasteiger partial charge in [-0.3, -0.25) is 4.90 Å². The molecule has 2 saturated heterocycles. The lowest BCUT2D eigenvalue weighted by molar-refractivity contribution is 0.138. The molecule has 5 nitrogen and oxygen atoms in total. The maximum absolute atomic E-state index is 11.7. The molecular formula is C12H13NO4S. The third-order valence-electron chi connectivity index (χ3n) is 3.35. The first-order valence-electron chi connectivity index (χ1n) is 5.77. The predicted octanol–water partition coefficient (Wildman–Crippen LogP) is 0.804. The molecule has 2 atom stereocenters. The number of rotatable bonds is 2. The van der Waals surface area contributed by atoms with Gasteiger partial charge in [0.1, 0.15) is 6.10 Å². The molecule has 0 spiro atoms. The third kappa shape index (κ3) is 1.96. The first-order valence-corrected chi connectivity index (χ1v) is 7.59. The van der Waals surface area contributed by atoms with E-state index in [2.05, 4.69) is 0 Å². The van der Waals surface area contributed by atoms with Crippen LogP contribution in [0.4, 0.5) is 4.79 Å². The van der Waals surface area contributed by atoms with Crippen molar-refractivity contribution >= 4 is 15.9 Å². The van der Waals surface area contributed by atoms with Crippen molar-refractivity contribution in [1.82, 2.24) is 4.90 Å². The van der Waals surface area contributed by atoms with Gasteiger partial charge in [0.15, 0.2) is 9.84 Å². The molecule has 96 valence electrons. The van der Waals surface area contributed by atoms with Gasteiger partial charge < -0.3 is 4.74 Å². The van der Waals surface area contributed by atoms with Crippen LogP contribution in [0.5, 0.6) is 0 Å². The summed E-state index contributed by atoms with van der Waals surface area (Å²) in [5.41, 5.74) is 0.972. The zero-order valence-electron chi connectivity index (χ0n) is 9.65. The largest absolute Gasteiger partial charge is 0.443 e. The predicted molar refractivity (Wildman–Crippen MR) is 64.7 cm³/mol. The summed E-state index contributed by atoms with van der Waals surface area (Å²) in [7, 11) is -3.07. The van der Waals surface area contributed by atoms with Gasteiger partial charge in [0.2, 0.25) is 0 Å². The minimum Gasteiger partial charge on any atom is -0.443 e. The van der Waals surface area contributed by atoms with Gasteiger partial charge in [-0.15, -0.1) is 0 Å². The Morgan fingerprint density at radius 3 is 2.67 bits per heavy atom. The standard InChI is InChI=1S/C12H13NO4S/c14-12-13(6-9-4-2-1-3-5-9)10-7-18(15,16)8-11(10)17-12/h1-5,10-11H,6-8H2. The van der Waals surface area contributed by atoms with Crippen LogP contribution < -0.4 is 0 Å². The number of benzene rings is 1. The van der Waals surface area contributed by atoms with E-state index >= 15 is 0 Å². The molecule has 18 heavy (non-hydrogen) atoms. The lowest BCUT2D eigenvalue weighted by Crippen LogP contribution is -2.36. The van der Waals surface area contributed by atoms with Gasteiger partial charge in [-0.2, -0.15) is 0 Å². The summed E-state index contributed by atoms with van der Waals surface area (Å²) in [5, 5.41) is 0. The first-order chi connectivity index (χ1) is 8.55. The van der Waals surface area contributed by atoms with Crippen molar-refractivity contribution < 1.29 is 17.9 Å². The maximum Gasteiger partial charge on any atom is 0.410 e. The van der Waals surface area contributed by atoms with E-state index in [1.807, 2.05) is 30.3 Å². The summed E-state index contributed by atoms with van der Waals surface area (Å²) in [5.74, 6) is -0.0368. The molecule has 0 aromatic heterocycles. The van der Waals surface area contributed by atoms with Crippen LogP contribution in [0, 0.1) is 0 Å². The molecule has 0 radical (unpaired) electrons. The number of fused-ring (bicyclic) bond motifs is 1. The normalized spacial score (nSPS) is 29.1. The average molecular weight is 267 g/mol. The SMILES string of the molecule is O=C1OC2CS(=O)(=O)CC2N1Cc1ccccc1. The van der Waals surface area contributed by atoms with Crippen LogP contribution in [0.1, 0.15) is 5.56 Å². The van der Waals surface area contributed by atoms with Crippen molar-refractivity contribution in [3.05, 3.63) is 35.9 Å². The Bertz CT molecular complexity index is 569. The average Bonchev–Trinajstić information content (AvgIpc) is 2.74. The first kappa shape index (κ1) is 11.5. The van der Waals surface area contributed by atoms with E-state index in [0.29, 0.717) is 6.54 Å². The van der Waals surface area contributed by atoms with Gasteiger partial charge in [-0.25, -0.2) is 13.2 Å². The third-order valence-corrected chi connectivity index (χ3v) is 5.04. The number of hydrogen-bond donors (Lipinski definition) is 0. The van der Waals surface area contributed by atoms with Gasteiger partial charge in [-0.05, 0) is 5.56 Å². The van der Waals surface area contributed by atoms with Crippen molar-refractivity contribution in [1.29, 1.82) is 0 Å². The summed E-state index contributed by atoms with van der Waals surface area (Å²) in [6.45, 7) is 0.399. The van der Waals surface area contributed by atoms with Gasteiger partial charge in [-0.1, -0.05) is 30.3 Å². The number of carbonyl (C=O) groups is 1. The Morgan fingerprint density at radius 2 is 1.94 bits per heavy atom. The molecule has 3 rings (SSSR count). The minimum absolute atomic E-state index is 0.0102. The van der Waals surface area contributed by atoms with Crippen molar-refractivity contribution in [3.63, 3.8) is 0 Å². The Balaban J connectivity index is 1.82. The summed E-state index contributed by atoms with van der Waals surface area (Å²) >= 11 is 0. The molecule has 0 bridgehead atoms. The molecule has 2 heterocycles. The second-order valence-corrected chi connectivity index (χ2v) is 6.83. The number of sulfone groups is 1. The molecule has 0 aliphatic carbocycles. The van der Waals surface area contributed by atoms with Gasteiger partial charge in [0.25, 0.3) is 0 Å². The molecule has 6 heteroatoms. The number of hydrogen-bond acceptors (Lipinski definition) is 4. The smallest absolute Gasteiger partial charge is 0.410 e. The highest BCUT2D eigenvalue weighted by Gasteiger charge is 2.50. The molecule has 1 aromatic rings. The lowest BCUT2D eigenvalue weighted by Gasteiger charge is -2.19. The fourth-order valence-electron chi connectivity index (χ4n) is 2.49. The number of ether oxygens (including phenoxy) is 1. The summed E-state index contributed by atoms with van der Waals surface area (Å²) in [6, 6.07) is 9.16. The van der Waals surface area contributed by atoms with E-state index in [-0.39, 0.29) is 17.5 Å². The molecule has 2 aliphatic heterocycles. The Kier molecular flexibility index (Phi) is 2.55. The zero-order valence-corrected chi connectivity index (χ0v) is 10.5. The van der Waals surface area contributed by atoms with E-state index in [0.717, 1.165) is 5.56 Å². The van der Waals surface area contributed by atoms with E-state index in [1.54, 1.807) is 0 Å². The van der Waals surface area contributed by atoms with E-state index in [1.165, 1.54) is 4.90 Å². The zero-order chi connectivity index (χ0) is 12.8. The highest BCUT2D eigenvalue weighted by molar-refractivity contribution is 7.91. The molecule has 2 unspecified atom stereocenters. The minimum atomic E-state index is -3.07. The molecule has 2 aliphatic rings. The fourth-order valence-corrected chi connectivity index (χ4v) is 4.34. The maximum atomic E-state index is 11.7. The fraction of sp³-hybridized carbons (Fsp3) is 0.417. The molecule has 1 aromatic carbocycles. The second kappa shape index (κ2) is 3.98. The van der Waals surface area contributed by atoms with Crippen LogP contribution >= 0.6 is 0 Å². The molecular weight excluding hydrogens is 254 g/mol. The van der Waals surface area contributed by atoms with Crippen molar-refractivity contribution in [2.75, 3.05) is 11.5 Å². The van der Waals surface area contributed by atoms with Crippen LogP contribution in [0.3, 0.4) is 0 Å². The Morgan fingerprint density at radius 1 is 1.22 bits per heavy atom. The van der Waals surface area contributed by atoms with Gasteiger partial charge in [0, 0.05) is 6.54 Å². The van der Waals surface area contributed by atoms with Crippen LogP contribution in [-0.4, -0.2) is 43.1 Å². The van der Waals surface area contributed by atoms with Crippen LogP contribution in [-0.2, 0) is 21.1 Å². The summed E-state index contributed by atoms with van der Waals surface area (Å²) < 4.78 is 28.2. The van der Waals surface area contributed by atoms with Crippen LogP contribution in [0.2, 0.25) is 0 Å². The Hall–Kier alpha value is -1.56. The van der Waals surface area contributed by atoms with Crippen molar-refractivity contribution in [2.45, 2.75) is 18.7 Å². The molecule has 2 fully saturated rings. The number of amides is 1. The van der Waals surface area contributed by atoms with Crippen molar-refractivity contribution in [3.8, 4) is 0 Å². The topological polar surface area (TPSA) is 63.7 Å². The quantitative estimate of drug-likeness (QED) is 0.795. The van der Waals surface area contributed by atoms with Gasteiger partial charge >= 0.3 is 6.09 Å². The van der Waals surface area contributed by atoms with Crippen molar-refractivity contribution in [2.24, 2.45) is 0 Å². The number of nitrogens with zero attached hydrogens (tertiary/aromatic N) is 1. The number of carbonyl (C=O) groups excluding carboxylic acids is 1. The monoisotopic (exact) mass is 267 g/mol. The highest BCUT2D eigenvalue weighted by Crippen LogP contribution is 2.29. The summed E-state index contributed by atoms with van der Waals surface area (Å²) in [6.07, 6.45) is -0.907. The van der Waals surface area contributed by atoms with Crippen LogP contribution in [0.25, 0.3) is 0 Å². The van der Waals surface area contributed by atoms with Crippen LogP contribution in [0.15, 0.2) is 30.3 Å². The molecule has 0 saturated carbocycles. The highest BCUT2D eigenvalue weighted by atomic mass is 32.2. The molecule has 0 N–H and O–H groups in total. The second-order valence-electron chi connectivity index (χ2n) is 4.68. The van der Waals surface area contributed by atoms with E-state index < -0.39 is 22.0 Å². The lowest BCUT2D eigenvalue weighted by atomic mass is 10.1. The van der Waals surface area contributed by atoms with Gasteiger partial charge in [0.05, 0.1) is 17.5 Å².